The summed E-state index contributed by atoms with van der Waals surface area (Å²) in [4.78, 5) is 23.1. The molecule has 2 aromatic carbocycles. The Morgan fingerprint density at radius 3 is 2.46 bits per heavy atom. The average molecular weight is 375 g/mol. The lowest BCUT2D eigenvalue weighted by Gasteiger charge is -2.15. The van der Waals surface area contributed by atoms with Crippen molar-refractivity contribution in [3.05, 3.63) is 66.5 Å². The van der Waals surface area contributed by atoms with Crippen LogP contribution in [-0.4, -0.2) is 41.0 Å². The molecule has 2 heterocycles. The van der Waals surface area contributed by atoms with Crippen LogP contribution in [0.1, 0.15) is 23.2 Å². The summed E-state index contributed by atoms with van der Waals surface area (Å²) in [5.41, 5.74) is 2.23. The standard InChI is InChI=1S/C22H21N3O3/c1-27-18-7-9-19(10-8-18)28-21-14-20(23-15-24-21)16-5-4-6-17(13-16)22(26)25-11-2-3-12-25/h4-10,13-15H,2-3,11-12H2,1H3. The second-order valence-corrected chi connectivity index (χ2v) is 6.60. The number of hydrogen-bond donors (Lipinski definition) is 0. The molecule has 0 spiro atoms. The van der Waals surface area contributed by atoms with E-state index in [1.165, 1.54) is 6.33 Å². The van der Waals surface area contributed by atoms with Gasteiger partial charge >= 0.3 is 0 Å². The molecule has 0 N–H and O–H groups in total. The fourth-order valence-corrected chi connectivity index (χ4v) is 3.23. The number of rotatable bonds is 5. The molecule has 1 aliphatic rings. The van der Waals surface area contributed by atoms with Crippen molar-refractivity contribution in [1.29, 1.82) is 0 Å². The zero-order valence-corrected chi connectivity index (χ0v) is 15.7. The van der Waals surface area contributed by atoms with Crippen molar-refractivity contribution in [1.82, 2.24) is 14.9 Å². The van der Waals surface area contributed by atoms with Crippen LogP contribution in [0.4, 0.5) is 0 Å². The van der Waals surface area contributed by atoms with Gasteiger partial charge < -0.3 is 14.4 Å². The van der Waals surface area contributed by atoms with Crippen LogP contribution in [-0.2, 0) is 0 Å². The van der Waals surface area contributed by atoms with E-state index in [4.69, 9.17) is 9.47 Å². The maximum absolute atomic E-state index is 12.6. The van der Waals surface area contributed by atoms with E-state index < -0.39 is 0 Å². The highest BCUT2D eigenvalue weighted by molar-refractivity contribution is 5.95. The minimum absolute atomic E-state index is 0.0723. The van der Waals surface area contributed by atoms with E-state index in [9.17, 15) is 4.79 Å². The number of methoxy groups -OCH3 is 1. The number of benzene rings is 2. The van der Waals surface area contributed by atoms with Crippen LogP contribution in [0.2, 0.25) is 0 Å². The summed E-state index contributed by atoms with van der Waals surface area (Å²) in [5.74, 6) is 1.92. The number of aromatic nitrogens is 2. The van der Waals surface area contributed by atoms with E-state index in [0.717, 1.165) is 37.2 Å². The molecule has 0 atom stereocenters. The van der Waals surface area contributed by atoms with Crippen LogP contribution < -0.4 is 9.47 Å². The van der Waals surface area contributed by atoms with Gasteiger partial charge in [-0.1, -0.05) is 12.1 Å². The van der Waals surface area contributed by atoms with Crippen LogP contribution in [0, 0.1) is 0 Å². The lowest BCUT2D eigenvalue weighted by Crippen LogP contribution is -2.27. The maximum atomic E-state index is 12.6. The SMILES string of the molecule is COc1ccc(Oc2cc(-c3cccc(C(=O)N4CCCC4)c3)ncn2)cc1. The number of carbonyl (C=O) groups excluding carboxylic acids is 1. The van der Waals surface area contributed by atoms with Gasteiger partial charge in [-0.05, 0) is 49.2 Å². The molecule has 0 aliphatic carbocycles. The summed E-state index contributed by atoms with van der Waals surface area (Å²) in [5, 5.41) is 0. The normalized spacial score (nSPS) is 13.4. The Hall–Kier alpha value is -3.41. The van der Waals surface area contributed by atoms with Gasteiger partial charge in [-0.3, -0.25) is 4.79 Å². The third-order valence-corrected chi connectivity index (χ3v) is 4.72. The minimum atomic E-state index is 0.0723. The lowest BCUT2D eigenvalue weighted by molar-refractivity contribution is 0.0793. The summed E-state index contributed by atoms with van der Waals surface area (Å²) >= 11 is 0. The van der Waals surface area contributed by atoms with E-state index >= 15 is 0 Å². The monoisotopic (exact) mass is 375 g/mol. The Bertz CT molecular complexity index is 967. The van der Waals surface area contributed by atoms with Gasteiger partial charge in [0.25, 0.3) is 5.91 Å². The quantitative estimate of drug-likeness (QED) is 0.669. The Balaban J connectivity index is 1.55. The van der Waals surface area contributed by atoms with Crippen molar-refractivity contribution in [2.75, 3.05) is 20.2 Å². The molecule has 1 amide bonds. The largest absolute Gasteiger partial charge is 0.497 e. The highest BCUT2D eigenvalue weighted by atomic mass is 16.5. The van der Waals surface area contributed by atoms with E-state index in [0.29, 0.717) is 22.9 Å². The Labute approximate surface area is 163 Å². The van der Waals surface area contributed by atoms with Crippen molar-refractivity contribution in [2.45, 2.75) is 12.8 Å². The number of nitrogens with zero attached hydrogens (tertiary/aromatic N) is 3. The summed E-state index contributed by atoms with van der Waals surface area (Å²) in [6, 6.07) is 16.6. The summed E-state index contributed by atoms with van der Waals surface area (Å²) < 4.78 is 11.0. The molecule has 0 radical (unpaired) electrons. The van der Waals surface area contributed by atoms with Gasteiger partial charge in [0.15, 0.2) is 0 Å². The molecule has 6 heteroatoms. The predicted octanol–water partition coefficient (Wildman–Crippen LogP) is 4.18. The van der Waals surface area contributed by atoms with Gasteiger partial charge in [0.2, 0.25) is 5.88 Å². The number of likely N-dealkylation sites (tertiary alicyclic amines) is 1. The minimum Gasteiger partial charge on any atom is -0.497 e. The Kier molecular flexibility index (Phi) is 5.19. The first-order chi connectivity index (χ1) is 13.7. The first-order valence-electron chi connectivity index (χ1n) is 9.26. The zero-order valence-electron chi connectivity index (χ0n) is 15.7. The second-order valence-electron chi connectivity index (χ2n) is 6.60. The number of carbonyl (C=O) groups is 1. The molecular weight excluding hydrogens is 354 g/mol. The van der Waals surface area contributed by atoms with Crippen molar-refractivity contribution in [3.63, 3.8) is 0 Å². The van der Waals surface area contributed by atoms with Gasteiger partial charge in [0.1, 0.15) is 17.8 Å². The second kappa shape index (κ2) is 8.08. The molecule has 1 aromatic heterocycles. The summed E-state index contributed by atoms with van der Waals surface area (Å²) in [6.07, 6.45) is 3.61. The molecule has 4 rings (SSSR count). The van der Waals surface area contributed by atoms with Crippen LogP contribution in [0.25, 0.3) is 11.3 Å². The lowest BCUT2D eigenvalue weighted by atomic mass is 10.1. The Morgan fingerprint density at radius 2 is 1.71 bits per heavy atom. The van der Waals surface area contributed by atoms with Gasteiger partial charge in [0.05, 0.1) is 12.8 Å². The molecule has 28 heavy (non-hydrogen) atoms. The molecular formula is C22H21N3O3. The summed E-state index contributed by atoms with van der Waals surface area (Å²) in [6.45, 7) is 1.66. The highest BCUT2D eigenvalue weighted by Gasteiger charge is 2.19. The molecule has 1 saturated heterocycles. The highest BCUT2D eigenvalue weighted by Crippen LogP contribution is 2.26. The van der Waals surface area contributed by atoms with E-state index in [-0.39, 0.29) is 5.91 Å². The molecule has 0 saturated carbocycles. The predicted molar refractivity (Wildman–Crippen MR) is 106 cm³/mol. The molecule has 6 nitrogen and oxygen atoms in total. The smallest absolute Gasteiger partial charge is 0.253 e. The first-order valence-corrected chi connectivity index (χ1v) is 9.26. The van der Waals surface area contributed by atoms with E-state index in [1.807, 2.05) is 53.4 Å². The number of ether oxygens (including phenoxy) is 2. The zero-order chi connectivity index (χ0) is 19.3. The summed E-state index contributed by atoms with van der Waals surface area (Å²) in [7, 11) is 1.62. The van der Waals surface area contributed by atoms with Crippen molar-refractivity contribution in [3.8, 4) is 28.6 Å². The third kappa shape index (κ3) is 3.96. The Morgan fingerprint density at radius 1 is 0.964 bits per heavy atom. The first kappa shape index (κ1) is 18.0. The van der Waals surface area contributed by atoms with Gasteiger partial charge in [-0.25, -0.2) is 9.97 Å². The maximum Gasteiger partial charge on any atom is 0.253 e. The van der Waals surface area contributed by atoms with Crippen LogP contribution >= 0.6 is 0 Å². The van der Waals surface area contributed by atoms with Crippen molar-refractivity contribution >= 4 is 5.91 Å². The van der Waals surface area contributed by atoms with Crippen LogP contribution in [0.5, 0.6) is 17.4 Å². The fraction of sp³-hybridized carbons (Fsp3) is 0.227. The molecule has 1 fully saturated rings. The topological polar surface area (TPSA) is 64.6 Å². The molecule has 0 bridgehead atoms. The molecule has 142 valence electrons. The third-order valence-electron chi connectivity index (χ3n) is 4.72. The van der Waals surface area contributed by atoms with Gasteiger partial charge in [-0.15, -0.1) is 0 Å². The van der Waals surface area contributed by atoms with Crippen LogP contribution in [0.3, 0.4) is 0 Å². The molecule has 0 unspecified atom stereocenters. The van der Waals surface area contributed by atoms with Crippen molar-refractivity contribution in [2.24, 2.45) is 0 Å². The molecule has 3 aromatic rings. The number of hydrogen-bond acceptors (Lipinski definition) is 5. The van der Waals surface area contributed by atoms with E-state index in [1.54, 1.807) is 13.2 Å². The van der Waals surface area contributed by atoms with E-state index in [2.05, 4.69) is 9.97 Å². The van der Waals surface area contributed by atoms with Crippen molar-refractivity contribution < 1.29 is 14.3 Å². The van der Waals surface area contributed by atoms with Crippen LogP contribution in [0.15, 0.2) is 60.9 Å². The number of amides is 1. The average Bonchev–Trinajstić information content (AvgIpc) is 3.29. The molecule has 1 aliphatic heterocycles. The fourth-order valence-electron chi connectivity index (χ4n) is 3.23. The van der Waals surface area contributed by atoms with Gasteiger partial charge in [-0.2, -0.15) is 0 Å². The van der Waals surface area contributed by atoms with Gasteiger partial charge in [0, 0.05) is 30.3 Å².